The molecule has 1 aliphatic heterocycles. The number of benzene rings is 1. The van der Waals surface area contributed by atoms with Crippen LogP contribution >= 0.6 is 22.6 Å². The zero-order valence-corrected chi connectivity index (χ0v) is 12.9. The molecule has 0 aromatic heterocycles. The van der Waals surface area contributed by atoms with E-state index in [0.717, 1.165) is 12.8 Å². The molecule has 1 aliphatic rings. The summed E-state index contributed by atoms with van der Waals surface area (Å²) in [5.41, 5.74) is 0. The van der Waals surface area contributed by atoms with Crippen molar-refractivity contribution in [3.8, 4) is 11.5 Å². The molecule has 1 N–H and O–H groups in total. The predicted octanol–water partition coefficient (Wildman–Crippen LogP) is 2.55. The molecule has 0 radical (unpaired) electrons. The Kier molecular flexibility index (Phi) is 5.75. The zero-order chi connectivity index (χ0) is 13.5. The second kappa shape index (κ2) is 7.57. The lowest BCUT2D eigenvalue weighted by Gasteiger charge is -2.25. The summed E-state index contributed by atoms with van der Waals surface area (Å²) >= 11 is 2.36. The van der Waals surface area contributed by atoms with Crippen molar-refractivity contribution in [2.24, 2.45) is 0 Å². The summed E-state index contributed by atoms with van der Waals surface area (Å²) in [5.74, 6) is 1.25. The van der Waals surface area contributed by atoms with Gasteiger partial charge in [-0.2, -0.15) is 0 Å². The summed E-state index contributed by atoms with van der Waals surface area (Å²) < 4.78 is 12.3. The van der Waals surface area contributed by atoms with E-state index in [4.69, 9.17) is 9.47 Å². The summed E-state index contributed by atoms with van der Waals surface area (Å²) in [6, 6.07) is 7.41. The van der Waals surface area contributed by atoms with Gasteiger partial charge < -0.3 is 14.8 Å². The molecule has 1 aromatic rings. The minimum Gasteiger partial charge on any atom is -0.485 e. The number of para-hydroxylation sites is 2. The highest BCUT2D eigenvalue weighted by molar-refractivity contribution is 14.1. The predicted molar refractivity (Wildman–Crippen MR) is 82.1 cm³/mol. The number of halogens is 1. The topological polar surface area (TPSA) is 47.6 Å². The van der Waals surface area contributed by atoms with E-state index in [1.807, 2.05) is 24.3 Å². The zero-order valence-electron chi connectivity index (χ0n) is 10.7. The van der Waals surface area contributed by atoms with Crippen molar-refractivity contribution in [1.82, 2.24) is 5.32 Å². The number of hydrogen-bond donors (Lipinski definition) is 1. The number of carbonyl (C=O) groups excluding carboxylic acids is 1. The van der Waals surface area contributed by atoms with Gasteiger partial charge in [-0.05, 0) is 29.4 Å². The van der Waals surface area contributed by atoms with E-state index in [1.54, 1.807) is 0 Å². The van der Waals surface area contributed by atoms with Gasteiger partial charge in [-0.25, -0.2) is 0 Å². The van der Waals surface area contributed by atoms with Crippen molar-refractivity contribution in [3.63, 3.8) is 0 Å². The van der Waals surface area contributed by atoms with Crippen LogP contribution in [0.5, 0.6) is 11.5 Å². The third-order valence-electron chi connectivity index (χ3n) is 2.91. The van der Waals surface area contributed by atoms with Gasteiger partial charge in [0.25, 0.3) is 5.91 Å². The van der Waals surface area contributed by atoms with Gasteiger partial charge in [0, 0.05) is 6.54 Å². The number of unbranched alkanes of at least 4 members (excludes halogenated alkanes) is 2. The lowest BCUT2D eigenvalue weighted by Crippen LogP contribution is -2.44. The number of fused-ring (bicyclic) bond motifs is 1. The first-order valence-corrected chi connectivity index (χ1v) is 8.06. The van der Waals surface area contributed by atoms with Gasteiger partial charge in [0.05, 0.1) is 0 Å². The van der Waals surface area contributed by atoms with Crippen LogP contribution in [-0.2, 0) is 4.79 Å². The minimum absolute atomic E-state index is 0.0935. The molecule has 4 nitrogen and oxygen atoms in total. The van der Waals surface area contributed by atoms with E-state index >= 15 is 0 Å². The first-order chi connectivity index (χ1) is 9.31. The highest BCUT2D eigenvalue weighted by atomic mass is 127. The minimum atomic E-state index is -0.542. The highest BCUT2D eigenvalue weighted by Crippen LogP contribution is 2.30. The largest absolute Gasteiger partial charge is 0.485 e. The Morgan fingerprint density at radius 1 is 1.26 bits per heavy atom. The Balaban J connectivity index is 1.76. The van der Waals surface area contributed by atoms with Crippen LogP contribution in [0.4, 0.5) is 0 Å². The number of alkyl halides is 1. The lowest BCUT2D eigenvalue weighted by molar-refractivity contribution is -0.130. The van der Waals surface area contributed by atoms with Gasteiger partial charge in [-0.1, -0.05) is 41.1 Å². The SMILES string of the molecule is O=C(NCCCCCI)C1COc2ccccc2O1. The maximum Gasteiger partial charge on any atom is 0.264 e. The van der Waals surface area contributed by atoms with Crippen molar-refractivity contribution >= 4 is 28.5 Å². The molecule has 2 rings (SSSR count). The van der Waals surface area contributed by atoms with Gasteiger partial charge in [0.15, 0.2) is 11.5 Å². The Bertz CT molecular complexity index is 425. The van der Waals surface area contributed by atoms with Gasteiger partial charge in [-0.3, -0.25) is 4.79 Å². The average Bonchev–Trinajstić information content (AvgIpc) is 2.46. The fraction of sp³-hybridized carbons (Fsp3) is 0.500. The van der Waals surface area contributed by atoms with Gasteiger partial charge >= 0.3 is 0 Å². The number of ether oxygens (including phenoxy) is 2. The molecule has 19 heavy (non-hydrogen) atoms. The van der Waals surface area contributed by atoms with Gasteiger partial charge in [0.1, 0.15) is 6.61 Å². The van der Waals surface area contributed by atoms with Crippen molar-refractivity contribution in [1.29, 1.82) is 0 Å². The smallest absolute Gasteiger partial charge is 0.264 e. The van der Waals surface area contributed by atoms with Crippen LogP contribution in [0.25, 0.3) is 0 Å². The van der Waals surface area contributed by atoms with Crippen LogP contribution in [-0.4, -0.2) is 29.6 Å². The van der Waals surface area contributed by atoms with Crippen LogP contribution in [0, 0.1) is 0 Å². The summed E-state index contributed by atoms with van der Waals surface area (Å²) in [7, 11) is 0. The standard InChI is InChI=1S/C14H18INO3/c15-8-4-1-5-9-16-14(17)13-10-18-11-6-2-3-7-12(11)19-13/h2-3,6-7,13H,1,4-5,8-10H2,(H,16,17). The summed E-state index contributed by atoms with van der Waals surface area (Å²) in [6.45, 7) is 0.980. The number of carbonyl (C=O) groups is 1. The van der Waals surface area contributed by atoms with E-state index in [2.05, 4.69) is 27.9 Å². The normalized spacial score (nSPS) is 17.0. The molecule has 1 aromatic carbocycles. The quantitative estimate of drug-likeness (QED) is 0.472. The second-order valence-electron chi connectivity index (χ2n) is 4.40. The van der Waals surface area contributed by atoms with Crippen LogP contribution in [0.3, 0.4) is 0 Å². The maximum absolute atomic E-state index is 11.9. The van der Waals surface area contributed by atoms with Crippen LogP contribution in [0.15, 0.2) is 24.3 Å². The Labute approximate surface area is 127 Å². The summed E-state index contributed by atoms with van der Waals surface area (Å²) in [4.78, 5) is 11.9. The monoisotopic (exact) mass is 375 g/mol. The molecule has 0 spiro atoms. The Morgan fingerprint density at radius 3 is 2.84 bits per heavy atom. The summed E-state index contributed by atoms with van der Waals surface area (Å²) in [5, 5.41) is 2.90. The molecule has 104 valence electrons. The number of nitrogens with one attached hydrogen (secondary N) is 1. The van der Waals surface area contributed by atoms with Crippen LogP contribution in [0.1, 0.15) is 19.3 Å². The first kappa shape index (κ1) is 14.4. The van der Waals surface area contributed by atoms with Gasteiger partial charge in [0.2, 0.25) is 6.10 Å². The molecule has 0 aliphatic carbocycles. The van der Waals surface area contributed by atoms with Gasteiger partial charge in [-0.15, -0.1) is 0 Å². The second-order valence-corrected chi connectivity index (χ2v) is 5.48. The molecule has 1 atom stereocenters. The van der Waals surface area contributed by atoms with Crippen molar-refractivity contribution < 1.29 is 14.3 Å². The number of amides is 1. The molecule has 0 saturated heterocycles. The fourth-order valence-corrected chi connectivity index (χ4v) is 2.41. The van der Waals surface area contributed by atoms with E-state index in [1.165, 1.54) is 10.8 Å². The van der Waals surface area contributed by atoms with E-state index in [9.17, 15) is 4.79 Å². The summed E-state index contributed by atoms with van der Waals surface area (Å²) in [6.07, 6.45) is 2.82. The van der Waals surface area contributed by atoms with E-state index < -0.39 is 6.10 Å². The molecular formula is C14H18INO3. The van der Waals surface area contributed by atoms with Crippen LogP contribution in [0.2, 0.25) is 0 Å². The average molecular weight is 375 g/mol. The lowest BCUT2D eigenvalue weighted by atomic mass is 10.2. The van der Waals surface area contributed by atoms with Crippen molar-refractivity contribution in [2.45, 2.75) is 25.4 Å². The highest BCUT2D eigenvalue weighted by Gasteiger charge is 2.26. The van der Waals surface area contributed by atoms with E-state index in [0.29, 0.717) is 18.0 Å². The third kappa shape index (κ3) is 4.26. The first-order valence-electron chi connectivity index (χ1n) is 6.53. The Morgan fingerprint density at radius 2 is 2.05 bits per heavy atom. The fourth-order valence-electron chi connectivity index (χ4n) is 1.87. The van der Waals surface area contributed by atoms with Crippen molar-refractivity contribution in [2.75, 3.05) is 17.6 Å². The van der Waals surface area contributed by atoms with E-state index in [-0.39, 0.29) is 12.5 Å². The molecule has 1 amide bonds. The molecule has 5 heteroatoms. The molecule has 0 bridgehead atoms. The maximum atomic E-state index is 11.9. The van der Waals surface area contributed by atoms with Crippen molar-refractivity contribution in [3.05, 3.63) is 24.3 Å². The molecule has 0 fully saturated rings. The molecular weight excluding hydrogens is 357 g/mol. The molecule has 1 heterocycles. The van der Waals surface area contributed by atoms with Crippen LogP contribution < -0.4 is 14.8 Å². The Hall–Kier alpha value is -0.980. The third-order valence-corrected chi connectivity index (χ3v) is 3.67. The molecule has 1 unspecified atom stereocenters. The number of hydrogen-bond acceptors (Lipinski definition) is 3. The molecule has 0 saturated carbocycles. The number of rotatable bonds is 6.